The van der Waals surface area contributed by atoms with Crippen LogP contribution in [0.25, 0.3) is 22.0 Å². The van der Waals surface area contributed by atoms with Gasteiger partial charge < -0.3 is 59.6 Å². The number of benzene rings is 3. The van der Waals surface area contributed by atoms with E-state index in [0.717, 1.165) is 11.0 Å². The zero-order valence-electron chi connectivity index (χ0n) is 39.2. The second-order valence-corrected chi connectivity index (χ2v) is 17.1. The van der Waals surface area contributed by atoms with Crippen molar-refractivity contribution < 1.29 is 71.8 Å². The lowest BCUT2D eigenvalue weighted by molar-refractivity contribution is -0.159. The SMILES string of the molecule is CN(CCOCCOCCOCCOCCNc1cccc2c1C(=O)N(C1CCC(=O)NC1=O)C2=O)C(=O)CCNc1nc(N2CCN(C(=O)C(O)O)CC2)c2cc(Cl)c(-c3c(O)cccc3F)c(F)c2n1. The first-order valence-corrected chi connectivity index (χ1v) is 23.5. The molecule has 3 aliphatic heterocycles. The van der Waals surface area contributed by atoms with E-state index in [1.807, 2.05) is 0 Å². The number of hydrogen-bond donors (Lipinski definition) is 6. The van der Waals surface area contributed by atoms with Gasteiger partial charge in [-0.2, -0.15) is 4.98 Å². The number of aromatic nitrogens is 2. The van der Waals surface area contributed by atoms with Gasteiger partial charge in [-0.15, -0.1) is 0 Å². The van der Waals surface area contributed by atoms with Crippen molar-refractivity contribution in [1.29, 1.82) is 0 Å². The van der Waals surface area contributed by atoms with Crippen molar-refractivity contribution in [3.05, 3.63) is 70.2 Å². The molecule has 6 N–H and O–H groups in total. The highest BCUT2D eigenvalue weighted by atomic mass is 35.5. The molecule has 72 heavy (non-hydrogen) atoms. The van der Waals surface area contributed by atoms with Crippen molar-refractivity contribution in [3.8, 4) is 16.9 Å². The molecule has 3 aromatic carbocycles. The van der Waals surface area contributed by atoms with E-state index in [1.54, 1.807) is 24.1 Å². The van der Waals surface area contributed by atoms with Crippen LogP contribution >= 0.6 is 11.6 Å². The molecule has 0 bridgehead atoms. The standard InChI is InChI=1S/C47H54ClF2N9O13/c1-56(17-19-70-21-23-72-25-24-71-22-20-69-18-12-51-31-6-2-4-27-36(31)44(65)59(43(27)64)32-8-9-34(61)53-42(32)63)35(62)10-11-52-47-54-40-28(41(55-47)57-13-15-58(16-14-57)45(66)46(67)68)26-29(48)37(39(40)50)38-30(49)5-3-7-33(38)60/h2-7,26,32,46,51,60,67-68H,8-25H2,1H3,(H,52,54,55)(H,53,61,63). The molecule has 0 radical (unpaired) electrons. The zero-order valence-corrected chi connectivity index (χ0v) is 39.9. The maximum absolute atomic E-state index is 16.4. The summed E-state index contributed by atoms with van der Waals surface area (Å²) in [6, 6.07) is 8.64. The lowest BCUT2D eigenvalue weighted by atomic mass is 10.0. The predicted molar refractivity (Wildman–Crippen MR) is 254 cm³/mol. The number of nitrogens with one attached hydrogen (secondary N) is 3. The van der Waals surface area contributed by atoms with Crippen LogP contribution in [0.1, 0.15) is 40.0 Å². The molecule has 1 unspecified atom stereocenters. The normalized spacial score (nSPS) is 15.9. The minimum absolute atomic E-state index is 0.00470. The number of anilines is 3. The van der Waals surface area contributed by atoms with Crippen LogP contribution in [0, 0.1) is 11.6 Å². The number of hydrogen-bond acceptors (Lipinski definition) is 18. The molecule has 1 aromatic heterocycles. The molecule has 22 nitrogen and oxygen atoms in total. The van der Waals surface area contributed by atoms with E-state index in [0.29, 0.717) is 45.3 Å². The lowest BCUT2D eigenvalue weighted by Gasteiger charge is -2.36. The number of phenols is 1. The van der Waals surface area contributed by atoms with Crippen molar-refractivity contribution in [3.63, 3.8) is 0 Å². The Morgan fingerprint density at radius 2 is 1.51 bits per heavy atom. The summed E-state index contributed by atoms with van der Waals surface area (Å²) in [7, 11) is 1.61. The number of carbonyl (C=O) groups is 6. The van der Waals surface area contributed by atoms with Gasteiger partial charge in [0.05, 0.1) is 74.6 Å². The molecule has 2 fully saturated rings. The first-order valence-electron chi connectivity index (χ1n) is 23.1. The predicted octanol–water partition coefficient (Wildman–Crippen LogP) is 1.73. The molecule has 7 rings (SSSR count). The van der Waals surface area contributed by atoms with Crippen molar-refractivity contribution >= 4 is 75.4 Å². The van der Waals surface area contributed by atoms with E-state index in [9.17, 15) is 48.5 Å². The van der Waals surface area contributed by atoms with Crippen LogP contribution in [-0.2, 0) is 38.1 Å². The largest absolute Gasteiger partial charge is 0.507 e. The number of piperidine rings is 1. The fourth-order valence-corrected chi connectivity index (χ4v) is 8.56. The Hall–Kier alpha value is -6.67. The lowest BCUT2D eigenvalue weighted by Crippen LogP contribution is -2.54. The number of imide groups is 2. The molecule has 4 aromatic rings. The van der Waals surface area contributed by atoms with Gasteiger partial charge in [0.2, 0.25) is 30.0 Å². The van der Waals surface area contributed by atoms with Crippen LogP contribution in [0.5, 0.6) is 5.75 Å². The Kier molecular flexibility index (Phi) is 18.2. The molecule has 6 amide bonds. The van der Waals surface area contributed by atoms with Crippen LogP contribution in [0.15, 0.2) is 42.5 Å². The Labute approximate surface area is 416 Å². The molecule has 2 saturated heterocycles. The zero-order chi connectivity index (χ0) is 51.5. The number of amides is 6. The minimum Gasteiger partial charge on any atom is -0.507 e. The van der Waals surface area contributed by atoms with Gasteiger partial charge >= 0.3 is 0 Å². The van der Waals surface area contributed by atoms with Crippen molar-refractivity contribution in [2.45, 2.75) is 31.6 Å². The number of halogens is 3. The van der Waals surface area contributed by atoms with Gasteiger partial charge in [0.25, 0.3) is 17.7 Å². The Morgan fingerprint density at radius 3 is 2.18 bits per heavy atom. The van der Waals surface area contributed by atoms with Crippen LogP contribution in [0.3, 0.4) is 0 Å². The molecule has 4 heterocycles. The van der Waals surface area contributed by atoms with Gasteiger partial charge in [-0.25, -0.2) is 13.8 Å². The fraction of sp³-hybridized carbons (Fsp3) is 0.447. The third kappa shape index (κ3) is 12.5. The number of aliphatic hydroxyl groups excluding tert-OH is 1. The summed E-state index contributed by atoms with van der Waals surface area (Å²) in [5.74, 6) is -5.74. The molecule has 25 heteroatoms. The van der Waals surface area contributed by atoms with Gasteiger partial charge in [0.15, 0.2) is 5.82 Å². The monoisotopic (exact) mass is 1030 g/mol. The van der Waals surface area contributed by atoms with Gasteiger partial charge in [0, 0.05) is 82.3 Å². The Bertz CT molecular complexity index is 2660. The number of aliphatic hydroxyl groups is 2. The molecule has 0 spiro atoms. The molecule has 1 atom stereocenters. The smallest absolute Gasteiger partial charge is 0.279 e. The summed E-state index contributed by atoms with van der Waals surface area (Å²) in [5, 5.41) is 37.4. The number of carbonyl (C=O) groups excluding carboxylic acids is 6. The number of piperazine rings is 1. The summed E-state index contributed by atoms with van der Waals surface area (Å²) in [6.07, 6.45) is -2.08. The molecule has 3 aliphatic rings. The number of likely N-dealkylation sites (N-methyl/N-ethyl adjacent to an activating group) is 1. The van der Waals surface area contributed by atoms with Crippen LogP contribution in [0.2, 0.25) is 5.02 Å². The van der Waals surface area contributed by atoms with Gasteiger partial charge in [0.1, 0.15) is 28.9 Å². The number of phenolic OH excluding ortho intramolecular Hbond substituents is 1. The molecule has 0 aliphatic carbocycles. The first kappa shape index (κ1) is 53.1. The van der Waals surface area contributed by atoms with E-state index in [-0.39, 0.29) is 123 Å². The average molecular weight is 1030 g/mol. The van der Waals surface area contributed by atoms with E-state index < -0.39 is 70.4 Å². The van der Waals surface area contributed by atoms with Crippen LogP contribution < -0.4 is 20.9 Å². The quantitative estimate of drug-likeness (QED) is 0.0331. The van der Waals surface area contributed by atoms with Gasteiger partial charge in [-0.3, -0.25) is 39.0 Å². The molecule has 0 saturated carbocycles. The molecular weight excluding hydrogens is 972 g/mol. The number of fused-ring (bicyclic) bond motifs is 2. The maximum atomic E-state index is 16.4. The number of aromatic hydroxyl groups is 1. The summed E-state index contributed by atoms with van der Waals surface area (Å²) in [4.78, 5) is 89.7. The summed E-state index contributed by atoms with van der Waals surface area (Å²) in [6.45, 7) is 3.46. The molecular formula is C47H54ClF2N9O13. The van der Waals surface area contributed by atoms with Crippen molar-refractivity contribution in [2.24, 2.45) is 0 Å². The molecule has 386 valence electrons. The van der Waals surface area contributed by atoms with E-state index in [2.05, 4.69) is 25.9 Å². The van der Waals surface area contributed by atoms with E-state index in [4.69, 9.17) is 30.5 Å². The van der Waals surface area contributed by atoms with Gasteiger partial charge in [-0.05, 0) is 36.8 Å². The Balaban J connectivity index is 0.777. The maximum Gasteiger partial charge on any atom is 0.279 e. The third-order valence-electron chi connectivity index (χ3n) is 12.0. The summed E-state index contributed by atoms with van der Waals surface area (Å²) in [5.41, 5.74) is -0.337. The topological polar surface area (TPSA) is 275 Å². The fourth-order valence-electron chi connectivity index (χ4n) is 8.27. The second kappa shape index (κ2) is 24.6. The minimum atomic E-state index is -2.17. The highest BCUT2D eigenvalue weighted by Crippen LogP contribution is 2.43. The highest BCUT2D eigenvalue weighted by Gasteiger charge is 2.45. The van der Waals surface area contributed by atoms with Crippen molar-refractivity contribution in [1.82, 2.24) is 30.0 Å². The van der Waals surface area contributed by atoms with Crippen molar-refractivity contribution in [2.75, 3.05) is 121 Å². The number of nitrogens with zero attached hydrogens (tertiary/aromatic N) is 6. The van der Waals surface area contributed by atoms with Crippen LogP contribution in [-0.4, -0.2) is 193 Å². The summed E-state index contributed by atoms with van der Waals surface area (Å²) < 4.78 is 53.7. The average Bonchev–Trinajstić information content (AvgIpc) is 3.61. The number of rotatable bonds is 24. The second-order valence-electron chi connectivity index (χ2n) is 16.7. The van der Waals surface area contributed by atoms with Gasteiger partial charge in [-0.1, -0.05) is 23.7 Å². The van der Waals surface area contributed by atoms with E-state index in [1.165, 1.54) is 34.1 Å². The first-order chi connectivity index (χ1) is 34.7. The number of ether oxygens (including phenoxy) is 4. The Morgan fingerprint density at radius 1 is 0.847 bits per heavy atom. The van der Waals surface area contributed by atoms with Crippen LogP contribution in [0.4, 0.5) is 26.2 Å². The van der Waals surface area contributed by atoms with E-state index >= 15 is 4.39 Å². The highest BCUT2D eigenvalue weighted by molar-refractivity contribution is 6.34. The summed E-state index contributed by atoms with van der Waals surface area (Å²) >= 11 is 6.53. The third-order valence-corrected chi connectivity index (χ3v) is 12.3.